The van der Waals surface area contributed by atoms with Gasteiger partial charge in [0, 0.05) is 6.61 Å². The van der Waals surface area contributed by atoms with E-state index in [0.717, 1.165) is 0 Å². The van der Waals surface area contributed by atoms with Crippen LogP contribution in [0.1, 0.15) is 24.0 Å². The smallest absolute Gasteiger partial charge is 0.129 e. The average molecular weight is 171 g/mol. The fourth-order valence-corrected chi connectivity index (χ4v) is 0.960. The molecule has 4 heteroatoms. The van der Waals surface area contributed by atoms with Crippen molar-refractivity contribution in [3.8, 4) is 0 Å². The van der Waals surface area contributed by atoms with Gasteiger partial charge < -0.3 is 20.4 Å². The van der Waals surface area contributed by atoms with Crippen molar-refractivity contribution in [1.29, 1.82) is 0 Å². The van der Waals surface area contributed by atoms with E-state index >= 15 is 0 Å². The van der Waals surface area contributed by atoms with Crippen molar-refractivity contribution in [2.75, 3.05) is 6.61 Å². The van der Waals surface area contributed by atoms with E-state index in [1.54, 1.807) is 12.1 Å². The van der Waals surface area contributed by atoms with Crippen LogP contribution in [0.15, 0.2) is 16.5 Å². The molecule has 0 saturated heterocycles. The van der Waals surface area contributed by atoms with E-state index in [9.17, 15) is 0 Å². The molecule has 0 aliphatic rings. The highest BCUT2D eigenvalue weighted by Crippen LogP contribution is 2.16. The van der Waals surface area contributed by atoms with Gasteiger partial charge in [0.2, 0.25) is 0 Å². The first-order chi connectivity index (χ1) is 5.77. The molecular formula is C8H13NO3. The van der Waals surface area contributed by atoms with Crippen LogP contribution in [0.4, 0.5) is 0 Å². The van der Waals surface area contributed by atoms with E-state index in [1.165, 1.54) is 0 Å². The summed E-state index contributed by atoms with van der Waals surface area (Å²) in [7, 11) is 0. The molecule has 0 radical (unpaired) electrons. The quantitative estimate of drug-likeness (QED) is 0.602. The maximum absolute atomic E-state index is 8.68. The Morgan fingerprint density at radius 3 is 2.67 bits per heavy atom. The van der Waals surface area contributed by atoms with E-state index in [0.29, 0.717) is 17.9 Å². The van der Waals surface area contributed by atoms with Gasteiger partial charge in [0.15, 0.2) is 0 Å². The summed E-state index contributed by atoms with van der Waals surface area (Å²) < 4.78 is 5.16. The third kappa shape index (κ3) is 2.07. The molecule has 0 unspecified atom stereocenters. The standard InChI is InChI=1S/C8H13NO3/c9-7(3-4-10)8-2-1-6(5-11)12-8/h1-2,7,10-11H,3-5,9H2/t7-/m0/s1. The molecule has 0 amide bonds. The summed E-state index contributed by atoms with van der Waals surface area (Å²) in [6.07, 6.45) is 0.471. The normalized spacial score (nSPS) is 13.2. The highest BCUT2D eigenvalue weighted by Gasteiger charge is 2.09. The van der Waals surface area contributed by atoms with E-state index < -0.39 is 0 Å². The summed E-state index contributed by atoms with van der Waals surface area (Å²) in [6.45, 7) is -0.0812. The lowest BCUT2D eigenvalue weighted by Gasteiger charge is -2.04. The second-order valence-electron chi connectivity index (χ2n) is 2.58. The monoisotopic (exact) mass is 171 g/mol. The lowest BCUT2D eigenvalue weighted by molar-refractivity contribution is 0.235. The van der Waals surface area contributed by atoms with Gasteiger partial charge in [-0.1, -0.05) is 0 Å². The van der Waals surface area contributed by atoms with Crippen LogP contribution >= 0.6 is 0 Å². The van der Waals surface area contributed by atoms with Crippen LogP contribution < -0.4 is 5.73 Å². The number of furan rings is 1. The highest BCUT2D eigenvalue weighted by molar-refractivity contribution is 5.09. The zero-order valence-electron chi connectivity index (χ0n) is 6.73. The number of hydrogen-bond donors (Lipinski definition) is 3. The van der Waals surface area contributed by atoms with Crippen molar-refractivity contribution in [3.63, 3.8) is 0 Å². The molecule has 0 aromatic carbocycles. The number of hydrogen-bond acceptors (Lipinski definition) is 4. The Balaban J connectivity index is 2.61. The third-order valence-electron chi connectivity index (χ3n) is 1.64. The maximum Gasteiger partial charge on any atom is 0.129 e. The highest BCUT2D eigenvalue weighted by atomic mass is 16.4. The van der Waals surface area contributed by atoms with Crippen molar-refractivity contribution >= 4 is 0 Å². The first-order valence-corrected chi connectivity index (χ1v) is 3.84. The molecule has 68 valence electrons. The summed E-state index contributed by atoms with van der Waals surface area (Å²) in [5.74, 6) is 1.10. The van der Waals surface area contributed by atoms with E-state index in [2.05, 4.69) is 0 Å². The van der Waals surface area contributed by atoms with Crippen molar-refractivity contribution < 1.29 is 14.6 Å². The van der Waals surface area contributed by atoms with Crippen molar-refractivity contribution in [2.24, 2.45) is 5.73 Å². The Morgan fingerprint density at radius 1 is 1.42 bits per heavy atom. The number of nitrogens with two attached hydrogens (primary N) is 1. The molecular weight excluding hydrogens is 158 g/mol. The van der Waals surface area contributed by atoms with Crippen LogP contribution in [0.2, 0.25) is 0 Å². The fourth-order valence-electron chi connectivity index (χ4n) is 0.960. The van der Waals surface area contributed by atoms with Crippen LogP contribution in [0.3, 0.4) is 0 Å². The van der Waals surface area contributed by atoms with Gasteiger partial charge in [0.1, 0.15) is 18.1 Å². The Bertz CT molecular complexity index is 234. The van der Waals surface area contributed by atoms with Gasteiger partial charge in [-0.25, -0.2) is 0 Å². The van der Waals surface area contributed by atoms with Crippen LogP contribution in [-0.4, -0.2) is 16.8 Å². The van der Waals surface area contributed by atoms with Gasteiger partial charge in [-0.05, 0) is 18.6 Å². The minimum Gasteiger partial charge on any atom is -0.462 e. The van der Waals surface area contributed by atoms with Crippen LogP contribution in [0.5, 0.6) is 0 Å². The van der Waals surface area contributed by atoms with Crippen molar-refractivity contribution in [3.05, 3.63) is 23.7 Å². The molecule has 0 aliphatic heterocycles. The van der Waals surface area contributed by atoms with Gasteiger partial charge in [0.05, 0.1) is 6.04 Å². The molecule has 4 nitrogen and oxygen atoms in total. The van der Waals surface area contributed by atoms with E-state index in [1.807, 2.05) is 0 Å². The predicted molar refractivity (Wildman–Crippen MR) is 43.3 cm³/mol. The third-order valence-corrected chi connectivity index (χ3v) is 1.64. The summed E-state index contributed by atoms with van der Waals surface area (Å²) in [6, 6.07) is 3.11. The van der Waals surface area contributed by atoms with E-state index in [-0.39, 0.29) is 19.3 Å². The van der Waals surface area contributed by atoms with Gasteiger partial charge in [0.25, 0.3) is 0 Å². The zero-order chi connectivity index (χ0) is 8.97. The Kier molecular flexibility index (Phi) is 3.28. The first kappa shape index (κ1) is 9.25. The van der Waals surface area contributed by atoms with Crippen LogP contribution in [0, 0.1) is 0 Å². The molecule has 0 aliphatic carbocycles. The lowest BCUT2D eigenvalue weighted by atomic mass is 10.2. The second-order valence-corrected chi connectivity index (χ2v) is 2.58. The molecule has 0 fully saturated rings. The summed E-state index contributed by atoms with van der Waals surface area (Å²) >= 11 is 0. The van der Waals surface area contributed by atoms with Crippen LogP contribution in [0.25, 0.3) is 0 Å². The minimum absolute atomic E-state index is 0.0380. The first-order valence-electron chi connectivity index (χ1n) is 3.84. The molecule has 0 saturated carbocycles. The second kappa shape index (κ2) is 4.25. The molecule has 1 heterocycles. The molecule has 0 spiro atoms. The molecule has 1 aromatic heterocycles. The topological polar surface area (TPSA) is 79.6 Å². The van der Waals surface area contributed by atoms with Gasteiger partial charge in [-0.2, -0.15) is 0 Å². The molecule has 1 rings (SSSR count). The molecule has 4 N–H and O–H groups in total. The maximum atomic E-state index is 8.68. The Morgan fingerprint density at radius 2 is 2.17 bits per heavy atom. The minimum atomic E-state index is -0.282. The van der Waals surface area contributed by atoms with Crippen molar-refractivity contribution in [1.82, 2.24) is 0 Å². The Labute approximate surface area is 70.6 Å². The Hall–Kier alpha value is -0.840. The van der Waals surface area contributed by atoms with Gasteiger partial charge >= 0.3 is 0 Å². The summed E-state index contributed by atoms with van der Waals surface area (Å²) in [5, 5.41) is 17.3. The summed E-state index contributed by atoms with van der Waals surface area (Å²) in [5.41, 5.74) is 5.64. The number of aliphatic hydroxyl groups is 2. The average Bonchev–Trinajstić information content (AvgIpc) is 2.52. The summed E-state index contributed by atoms with van der Waals surface area (Å²) in [4.78, 5) is 0. The number of aliphatic hydroxyl groups excluding tert-OH is 2. The fraction of sp³-hybridized carbons (Fsp3) is 0.500. The molecule has 12 heavy (non-hydrogen) atoms. The predicted octanol–water partition coefficient (Wildman–Crippen LogP) is 0.154. The van der Waals surface area contributed by atoms with Gasteiger partial charge in [-0.15, -0.1) is 0 Å². The zero-order valence-corrected chi connectivity index (χ0v) is 6.73. The molecule has 0 bridgehead atoms. The van der Waals surface area contributed by atoms with E-state index in [4.69, 9.17) is 20.4 Å². The number of rotatable bonds is 4. The molecule has 1 aromatic rings. The largest absolute Gasteiger partial charge is 0.462 e. The lowest BCUT2D eigenvalue weighted by Crippen LogP contribution is -2.10. The van der Waals surface area contributed by atoms with Crippen LogP contribution in [-0.2, 0) is 6.61 Å². The van der Waals surface area contributed by atoms with Crippen molar-refractivity contribution in [2.45, 2.75) is 19.1 Å². The van der Waals surface area contributed by atoms with Gasteiger partial charge in [-0.3, -0.25) is 0 Å². The molecule has 1 atom stereocenters. The SMILES string of the molecule is N[C@@H](CCO)c1ccc(CO)o1.